The summed E-state index contributed by atoms with van der Waals surface area (Å²) in [7, 11) is 0. The summed E-state index contributed by atoms with van der Waals surface area (Å²) in [6, 6.07) is 0. The smallest absolute Gasteiger partial charge is 0.530 e. The molecule has 304 valence electrons. The summed E-state index contributed by atoms with van der Waals surface area (Å²) in [6.45, 7) is 31.5. The average molecular weight is 909 g/mol. The molecule has 18 nitrogen and oxygen atoms in total. The summed E-state index contributed by atoms with van der Waals surface area (Å²) >= 11 is 0. The summed E-state index contributed by atoms with van der Waals surface area (Å²) in [4.78, 5) is 67.2. The van der Waals surface area contributed by atoms with Gasteiger partial charge in [-0.3, -0.25) is 0 Å². The van der Waals surface area contributed by atoms with Crippen molar-refractivity contribution in [2.24, 2.45) is 0 Å². The van der Waals surface area contributed by atoms with Gasteiger partial charge in [0, 0.05) is 78.5 Å². The van der Waals surface area contributed by atoms with Crippen LogP contribution >= 0.6 is 0 Å². The molecule has 6 amide bonds. The maximum atomic E-state index is 9.98. The zero-order valence-corrected chi connectivity index (χ0v) is 39.0. The van der Waals surface area contributed by atoms with Gasteiger partial charge >= 0.3 is 52.4 Å². The summed E-state index contributed by atoms with van der Waals surface area (Å²) in [6.07, 6.45) is -6.53. The molecule has 0 aromatic rings. The Morgan fingerprint density at radius 2 is 0.327 bits per heavy atom. The number of rotatable bonds is 12. The number of hydrogen-bond donors (Lipinski definition) is 0. The fourth-order valence-electron chi connectivity index (χ4n) is 2.89. The van der Waals surface area contributed by atoms with Crippen molar-refractivity contribution in [3.05, 3.63) is 0 Å². The van der Waals surface area contributed by atoms with Crippen molar-refractivity contribution in [1.82, 2.24) is 29.4 Å². The molecular formula is C32H66N6O12Zr2. The quantitative estimate of drug-likeness (QED) is 0.230. The minimum absolute atomic E-state index is 0. The molecule has 0 bridgehead atoms. The van der Waals surface area contributed by atoms with E-state index in [0.717, 1.165) is 0 Å². The van der Waals surface area contributed by atoms with E-state index in [9.17, 15) is 59.4 Å². The Kier molecular flexibility index (Phi) is 71.9. The zero-order valence-electron chi connectivity index (χ0n) is 34.1. The Balaban J connectivity index is -0.0000000599. The largest absolute Gasteiger partial charge is 3.00 e. The summed E-state index contributed by atoms with van der Waals surface area (Å²) < 4.78 is 0. The number of nitrogens with zero attached hydrogens (tertiary/aromatic N) is 6. The topological polar surface area (TPSA) is 260 Å². The second-order valence-electron chi connectivity index (χ2n) is 8.63. The molecule has 52 heavy (non-hydrogen) atoms. The minimum atomic E-state index is -1.09. The third-order valence-electron chi connectivity index (χ3n) is 6.13. The monoisotopic (exact) mass is 906 g/mol. The second kappa shape index (κ2) is 52.7. The van der Waals surface area contributed by atoms with E-state index in [4.69, 9.17) is 0 Å². The number of amides is 6. The first-order valence-electron chi connectivity index (χ1n) is 17.1. The minimum Gasteiger partial charge on any atom is -0.530 e. The van der Waals surface area contributed by atoms with Crippen LogP contribution in [0.4, 0.5) is 28.8 Å². The Bertz CT molecular complexity index is 655. The van der Waals surface area contributed by atoms with E-state index >= 15 is 0 Å². The summed E-state index contributed by atoms with van der Waals surface area (Å²) in [5.41, 5.74) is 0. The van der Waals surface area contributed by atoms with Crippen LogP contribution in [0.2, 0.25) is 0 Å². The van der Waals surface area contributed by atoms with Crippen LogP contribution < -0.4 is 30.6 Å². The van der Waals surface area contributed by atoms with Gasteiger partial charge < -0.3 is 88.8 Å². The standard InChI is InChI=1S/6C5H11NO2.C2H6.2Zr/c6*1-3-6(4-2)5(7)8;1-2;;/h6*3-4H2,1-2H3,(H,7,8);1-2H3;;/q;;;;;;;2*+3/p-6. The molecule has 0 unspecified atom stereocenters. The molecule has 0 aromatic carbocycles. The van der Waals surface area contributed by atoms with Gasteiger partial charge in [-0.05, 0) is 83.1 Å². The van der Waals surface area contributed by atoms with E-state index in [1.807, 2.05) is 13.8 Å². The van der Waals surface area contributed by atoms with Crippen LogP contribution in [-0.2, 0) is 52.4 Å². The molecule has 0 aliphatic heterocycles. The Morgan fingerprint density at radius 1 is 0.269 bits per heavy atom. The van der Waals surface area contributed by atoms with Crippen LogP contribution in [0, 0.1) is 0 Å². The number of hydrogen-bond acceptors (Lipinski definition) is 12. The maximum Gasteiger partial charge on any atom is 3.00 e. The molecular weight excluding hydrogens is 843 g/mol. The molecule has 0 aromatic heterocycles. The summed E-state index contributed by atoms with van der Waals surface area (Å²) in [5.74, 6) is 0. The first-order chi connectivity index (χ1) is 23.3. The van der Waals surface area contributed by atoms with Gasteiger partial charge in [0.2, 0.25) is 0 Å². The fourth-order valence-corrected chi connectivity index (χ4v) is 2.89. The SMILES string of the molecule is CC.CCN(CC)C(=O)[O-].CCN(CC)C(=O)[O-].CCN(CC)C(=O)[O-].CCN(CC)C(=O)[O-].CCN(CC)C(=O)[O-].CCN(CC)C(=O)[O-].[Zr+3].[Zr+3]. The van der Waals surface area contributed by atoms with E-state index in [0.29, 0.717) is 78.5 Å². The van der Waals surface area contributed by atoms with Gasteiger partial charge in [-0.25, -0.2) is 0 Å². The van der Waals surface area contributed by atoms with Gasteiger partial charge in [-0.2, -0.15) is 0 Å². The molecule has 2 radical (unpaired) electrons. The first kappa shape index (κ1) is 70.9. The van der Waals surface area contributed by atoms with Gasteiger partial charge in [0.25, 0.3) is 0 Å². The van der Waals surface area contributed by atoms with Gasteiger partial charge in [-0.1, -0.05) is 13.8 Å². The van der Waals surface area contributed by atoms with Crippen molar-refractivity contribution in [1.29, 1.82) is 0 Å². The van der Waals surface area contributed by atoms with Crippen LogP contribution in [0.1, 0.15) is 96.9 Å². The molecule has 20 heteroatoms. The molecule has 0 heterocycles. The number of carboxylic acid groups (broad SMARTS) is 6. The fraction of sp³-hybridized carbons (Fsp3) is 0.812. The molecule has 0 spiro atoms. The van der Waals surface area contributed by atoms with Crippen LogP contribution in [0.3, 0.4) is 0 Å². The van der Waals surface area contributed by atoms with Gasteiger partial charge in [-0.15, -0.1) is 0 Å². The molecule has 0 saturated heterocycles. The van der Waals surface area contributed by atoms with Crippen LogP contribution in [-0.4, -0.2) is 144 Å². The number of carbonyl (C=O) groups is 6. The van der Waals surface area contributed by atoms with Crippen molar-refractivity contribution < 1.29 is 112 Å². The molecule has 0 saturated carbocycles. The van der Waals surface area contributed by atoms with Gasteiger partial charge in [0.05, 0.1) is 0 Å². The van der Waals surface area contributed by atoms with Crippen molar-refractivity contribution in [3.8, 4) is 0 Å². The predicted molar refractivity (Wildman–Crippen MR) is 181 cm³/mol. The normalized spacial score (nSPS) is 8.19. The number of carbonyl (C=O) groups excluding carboxylic acids is 6. The van der Waals surface area contributed by atoms with E-state index in [2.05, 4.69) is 0 Å². The average Bonchev–Trinajstić information content (AvgIpc) is 3.06. The van der Waals surface area contributed by atoms with E-state index < -0.39 is 36.6 Å². The predicted octanol–water partition coefficient (Wildman–Crippen LogP) is -0.950. The van der Waals surface area contributed by atoms with Crippen molar-refractivity contribution in [3.63, 3.8) is 0 Å². The molecule has 0 rings (SSSR count). The zero-order chi connectivity index (χ0) is 41.4. The molecule has 0 aliphatic rings. The van der Waals surface area contributed by atoms with Crippen molar-refractivity contribution in [2.75, 3.05) is 78.5 Å². The molecule has 0 atom stereocenters. The van der Waals surface area contributed by atoms with Crippen LogP contribution in [0.25, 0.3) is 0 Å². The van der Waals surface area contributed by atoms with Crippen LogP contribution in [0.5, 0.6) is 0 Å². The van der Waals surface area contributed by atoms with Crippen molar-refractivity contribution >= 4 is 36.6 Å². The molecule has 0 aliphatic carbocycles. The van der Waals surface area contributed by atoms with Crippen molar-refractivity contribution in [2.45, 2.75) is 96.9 Å². The van der Waals surface area contributed by atoms with Crippen LogP contribution in [0.15, 0.2) is 0 Å². The van der Waals surface area contributed by atoms with Gasteiger partial charge in [0.1, 0.15) is 36.6 Å². The molecule has 0 N–H and O–H groups in total. The third-order valence-corrected chi connectivity index (χ3v) is 6.13. The van der Waals surface area contributed by atoms with E-state index in [1.165, 1.54) is 29.4 Å². The van der Waals surface area contributed by atoms with Gasteiger partial charge in [0.15, 0.2) is 0 Å². The Morgan fingerprint density at radius 3 is 0.327 bits per heavy atom. The van der Waals surface area contributed by atoms with E-state index in [-0.39, 0.29) is 52.4 Å². The summed E-state index contributed by atoms with van der Waals surface area (Å²) in [5, 5.41) is 59.9. The first-order valence-corrected chi connectivity index (χ1v) is 17.1. The third kappa shape index (κ3) is 49.5. The van der Waals surface area contributed by atoms with E-state index in [1.54, 1.807) is 83.1 Å². The Hall–Kier alpha value is -2.61. The maximum absolute atomic E-state index is 9.98. The second-order valence-corrected chi connectivity index (χ2v) is 8.63. The molecule has 0 fully saturated rings. The Labute approximate surface area is 351 Å².